The molecule has 4 nitrogen and oxygen atoms in total. The Labute approximate surface area is 121 Å². The van der Waals surface area contributed by atoms with Crippen molar-refractivity contribution < 1.29 is 9.47 Å². The predicted molar refractivity (Wildman–Crippen MR) is 82.5 cm³/mol. The molecule has 1 unspecified atom stereocenters. The molecule has 0 bridgehead atoms. The van der Waals surface area contributed by atoms with E-state index in [2.05, 4.69) is 17.0 Å². The fourth-order valence-electron chi connectivity index (χ4n) is 2.60. The van der Waals surface area contributed by atoms with Crippen LogP contribution in [0.2, 0.25) is 0 Å². The van der Waals surface area contributed by atoms with Crippen molar-refractivity contribution in [1.29, 1.82) is 0 Å². The van der Waals surface area contributed by atoms with Crippen molar-refractivity contribution in [1.82, 2.24) is 0 Å². The summed E-state index contributed by atoms with van der Waals surface area (Å²) in [5.41, 5.74) is 7.25. The monoisotopic (exact) mass is 278 g/mol. The number of benzene rings is 1. The van der Waals surface area contributed by atoms with Gasteiger partial charge in [-0.05, 0) is 37.8 Å². The molecule has 1 aromatic carbocycles. The van der Waals surface area contributed by atoms with E-state index in [0.717, 1.165) is 57.7 Å². The minimum atomic E-state index is 0.276. The Balaban J connectivity index is 1.91. The van der Waals surface area contributed by atoms with Gasteiger partial charge in [-0.1, -0.05) is 12.1 Å². The number of ether oxygens (including phenoxy) is 2. The first-order chi connectivity index (χ1) is 9.81. The summed E-state index contributed by atoms with van der Waals surface area (Å²) < 4.78 is 11.0. The van der Waals surface area contributed by atoms with Crippen LogP contribution in [0, 0.1) is 0 Å². The standard InChI is InChI=1S/C16H26N2O2/c1-19-11-4-5-12-20-16-9-3-2-8-15(16)18-10-6-7-14(17)13-18/h2-3,8-9,14H,4-7,10-13,17H2,1H3. The number of hydrogen-bond acceptors (Lipinski definition) is 4. The maximum atomic E-state index is 6.07. The van der Waals surface area contributed by atoms with Gasteiger partial charge in [0, 0.05) is 32.8 Å². The van der Waals surface area contributed by atoms with Gasteiger partial charge in [0.1, 0.15) is 5.75 Å². The van der Waals surface area contributed by atoms with Gasteiger partial charge in [-0.25, -0.2) is 0 Å². The van der Waals surface area contributed by atoms with Crippen LogP contribution in [0.15, 0.2) is 24.3 Å². The zero-order valence-corrected chi connectivity index (χ0v) is 12.4. The lowest BCUT2D eigenvalue weighted by atomic mass is 10.1. The Kier molecular flexibility index (Phi) is 6.15. The Hall–Kier alpha value is -1.26. The molecule has 4 heteroatoms. The lowest BCUT2D eigenvalue weighted by Crippen LogP contribution is -2.43. The van der Waals surface area contributed by atoms with Crippen molar-refractivity contribution in [2.75, 3.05) is 38.3 Å². The molecule has 1 aliphatic heterocycles. The number of rotatable bonds is 7. The van der Waals surface area contributed by atoms with Crippen LogP contribution in [0.1, 0.15) is 25.7 Å². The summed E-state index contributed by atoms with van der Waals surface area (Å²) in [5.74, 6) is 0.971. The molecule has 20 heavy (non-hydrogen) atoms. The maximum Gasteiger partial charge on any atom is 0.142 e. The van der Waals surface area contributed by atoms with Crippen molar-refractivity contribution in [3.63, 3.8) is 0 Å². The summed E-state index contributed by atoms with van der Waals surface area (Å²) in [4.78, 5) is 2.35. The zero-order chi connectivity index (χ0) is 14.2. The Morgan fingerprint density at radius 1 is 1.25 bits per heavy atom. The molecule has 0 amide bonds. The molecular formula is C16H26N2O2. The van der Waals surface area contributed by atoms with E-state index in [0.29, 0.717) is 0 Å². The van der Waals surface area contributed by atoms with Crippen molar-refractivity contribution in [2.45, 2.75) is 31.7 Å². The number of methoxy groups -OCH3 is 1. The van der Waals surface area contributed by atoms with E-state index in [4.69, 9.17) is 15.2 Å². The van der Waals surface area contributed by atoms with Gasteiger partial charge in [-0.15, -0.1) is 0 Å². The molecule has 1 aromatic rings. The van der Waals surface area contributed by atoms with Gasteiger partial charge in [-0.3, -0.25) is 0 Å². The molecule has 0 radical (unpaired) electrons. The second-order valence-corrected chi connectivity index (χ2v) is 5.36. The van der Waals surface area contributed by atoms with Crippen molar-refractivity contribution >= 4 is 5.69 Å². The lowest BCUT2D eigenvalue weighted by molar-refractivity contribution is 0.184. The van der Waals surface area contributed by atoms with Crippen molar-refractivity contribution in [3.8, 4) is 5.75 Å². The number of piperidine rings is 1. The predicted octanol–water partition coefficient (Wildman–Crippen LogP) is 2.42. The minimum absolute atomic E-state index is 0.276. The van der Waals surface area contributed by atoms with Crippen molar-refractivity contribution in [3.05, 3.63) is 24.3 Å². The second-order valence-electron chi connectivity index (χ2n) is 5.36. The average molecular weight is 278 g/mol. The van der Waals surface area contributed by atoms with Crippen LogP contribution in [0.5, 0.6) is 5.75 Å². The van der Waals surface area contributed by atoms with Gasteiger partial charge >= 0.3 is 0 Å². The Morgan fingerprint density at radius 3 is 2.85 bits per heavy atom. The van der Waals surface area contributed by atoms with Crippen LogP contribution < -0.4 is 15.4 Å². The number of unbranched alkanes of at least 4 members (excludes halogenated alkanes) is 1. The van der Waals surface area contributed by atoms with Gasteiger partial charge in [-0.2, -0.15) is 0 Å². The van der Waals surface area contributed by atoms with E-state index in [1.807, 2.05) is 12.1 Å². The highest BCUT2D eigenvalue weighted by Gasteiger charge is 2.19. The molecule has 0 spiro atoms. The highest BCUT2D eigenvalue weighted by atomic mass is 16.5. The van der Waals surface area contributed by atoms with Crippen molar-refractivity contribution in [2.24, 2.45) is 5.73 Å². The molecule has 1 heterocycles. The van der Waals surface area contributed by atoms with Crippen LogP contribution in [0.25, 0.3) is 0 Å². The lowest BCUT2D eigenvalue weighted by Gasteiger charge is -2.33. The fraction of sp³-hybridized carbons (Fsp3) is 0.625. The first-order valence-corrected chi connectivity index (χ1v) is 7.52. The molecule has 0 saturated carbocycles. The molecule has 1 atom stereocenters. The molecule has 0 aromatic heterocycles. The van der Waals surface area contributed by atoms with Gasteiger partial charge in [0.15, 0.2) is 0 Å². The first-order valence-electron chi connectivity index (χ1n) is 7.52. The summed E-state index contributed by atoms with van der Waals surface area (Å²) in [6.07, 6.45) is 4.33. The largest absolute Gasteiger partial charge is 0.491 e. The SMILES string of the molecule is COCCCCOc1ccccc1N1CCCC(N)C1. The number of hydrogen-bond donors (Lipinski definition) is 1. The summed E-state index contributed by atoms with van der Waals surface area (Å²) in [7, 11) is 1.73. The highest BCUT2D eigenvalue weighted by Crippen LogP contribution is 2.30. The van der Waals surface area contributed by atoms with Crippen LogP contribution in [-0.2, 0) is 4.74 Å². The average Bonchev–Trinajstić information content (AvgIpc) is 2.47. The van der Waals surface area contributed by atoms with Gasteiger partial charge in [0.2, 0.25) is 0 Å². The third-order valence-electron chi connectivity index (χ3n) is 3.66. The fourth-order valence-corrected chi connectivity index (χ4v) is 2.60. The highest BCUT2D eigenvalue weighted by molar-refractivity contribution is 5.58. The zero-order valence-electron chi connectivity index (χ0n) is 12.4. The quantitative estimate of drug-likeness (QED) is 0.778. The third kappa shape index (κ3) is 4.39. The number of nitrogens with zero attached hydrogens (tertiary/aromatic N) is 1. The molecule has 1 fully saturated rings. The summed E-state index contributed by atoms with van der Waals surface area (Å²) in [6, 6.07) is 8.54. The van der Waals surface area contributed by atoms with Crippen LogP contribution in [0.3, 0.4) is 0 Å². The molecular weight excluding hydrogens is 252 g/mol. The van der Waals surface area contributed by atoms with Gasteiger partial charge in [0.25, 0.3) is 0 Å². The molecule has 1 saturated heterocycles. The molecule has 1 aliphatic rings. The van der Waals surface area contributed by atoms with E-state index >= 15 is 0 Å². The first kappa shape index (κ1) is 15.1. The second kappa shape index (κ2) is 8.12. The topological polar surface area (TPSA) is 47.7 Å². The summed E-state index contributed by atoms with van der Waals surface area (Å²) in [6.45, 7) is 3.52. The van der Waals surface area contributed by atoms with Crippen LogP contribution >= 0.6 is 0 Å². The van der Waals surface area contributed by atoms with Crippen LogP contribution in [-0.4, -0.2) is 39.5 Å². The third-order valence-corrected chi connectivity index (χ3v) is 3.66. The van der Waals surface area contributed by atoms with Gasteiger partial charge < -0.3 is 20.1 Å². The van der Waals surface area contributed by atoms with E-state index in [1.54, 1.807) is 7.11 Å². The number of anilines is 1. The van der Waals surface area contributed by atoms with E-state index in [9.17, 15) is 0 Å². The van der Waals surface area contributed by atoms with E-state index in [-0.39, 0.29) is 6.04 Å². The van der Waals surface area contributed by atoms with Crippen LogP contribution in [0.4, 0.5) is 5.69 Å². The smallest absolute Gasteiger partial charge is 0.142 e. The molecule has 2 N–H and O–H groups in total. The molecule has 0 aliphatic carbocycles. The van der Waals surface area contributed by atoms with E-state index < -0.39 is 0 Å². The van der Waals surface area contributed by atoms with E-state index in [1.165, 1.54) is 5.69 Å². The summed E-state index contributed by atoms with van der Waals surface area (Å²) >= 11 is 0. The Bertz CT molecular complexity index is 398. The van der Waals surface area contributed by atoms with Gasteiger partial charge in [0.05, 0.1) is 12.3 Å². The maximum absolute atomic E-state index is 6.07. The molecule has 112 valence electrons. The minimum Gasteiger partial charge on any atom is -0.491 e. The summed E-state index contributed by atoms with van der Waals surface area (Å²) in [5, 5.41) is 0. The molecule has 2 rings (SSSR count). The normalized spacial score (nSPS) is 19.1. The number of nitrogens with two attached hydrogens (primary N) is 1. The number of para-hydroxylation sites is 2. The Morgan fingerprint density at radius 2 is 2.05 bits per heavy atom.